The van der Waals surface area contributed by atoms with Crippen molar-refractivity contribution in [3.05, 3.63) is 66.6 Å². The van der Waals surface area contributed by atoms with Crippen LogP contribution in [-0.2, 0) is 20.5 Å². The molecule has 0 aliphatic rings. The fourth-order valence-corrected chi connectivity index (χ4v) is 3.23. The second kappa shape index (κ2) is 8.58. The van der Waals surface area contributed by atoms with Crippen LogP contribution in [0.1, 0.15) is 12.0 Å². The number of hydrogen-bond donors (Lipinski definition) is 2. The highest BCUT2D eigenvalue weighted by molar-refractivity contribution is 6.02. The van der Waals surface area contributed by atoms with Gasteiger partial charge in [0.2, 0.25) is 5.91 Å². The maximum absolute atomic E-state index is 12.8. The predicted octanol–water partition coefficient (Wildman–Crippen LogP) is 4.54. The molecule has 2 aromatic carbocycles. The summed E-state index contributed by atoms with van der Waals surface area (Å²) in [5.41, 5.74) is 2.73. The Hall–Kier alpha value is -4.08. The van der Waals surface area contributed by atoms with Crippen LogP contribution in [0.2, 0.25) is 0 Å². The van der Waals surface area contributed by atoms with Crippen molar-refractivity contribution in [2.75, 3.05) is 11.9 Å². The van der Waals surface area contributed by atoms with Gasteiger partial charge in [-0.05, 0) is 42.0 Å². The molecule has 4 rings (SSSR count). The second-order valence-electron chi connectivity index (χ2n) is 6.95. The van der Waals surface area contributed by atoms with E-state index in [2.05, 4.69) is 20.1 Å². The Labute approximate surface area is 179 Å². The number of carbonyl (C=O) groups excluding carboxylic acids is 2. The van der Waals surface area contributed by atoms with E-state index < -0.39 is 11.7 Å². The molecule has 0 aliphatic heterocycles. The van der Waals surface area contributed by atoms with Crippen molar-refractivity contribution >= 4 is 29.0 Å². The molecule has 7 nitrogen and oxygen atoms in total. The van der Waals surface area contributed by atoms with Crippen molar-refractivity contribution < 1.29 is 27.5 Å². The molecule has 2 aromatic heterocycles. The summed E-state index contributed by atoms with van der Waals surface area (Å²) >= 11 is 0. The second-order valence-corrected chi connectivity index (χ2v) is 6.95. The number of rotatable bonds is 7. The van der Waals surface area contributed by atoms with Crippen molar-refractivity contribution in [3.63, 3.8) is 0 Å². The third-order valence-electron chi connectivity index (χ3n) is 4.85. The maximum Gasteiger partial charge on any atom is 0.416 e. The van der Waals surface area contributed by atoms with Crippen LogP contribution in [0, 0.1) is 0 Å². The van der Waals surface area contributed by atoms with Gasteiger partial charge in [-0.15, -0.1) is 0 Å². The molecular formula is C22H17F3N4O3. The van der Waals surface area contributed by atoms with E-state index in [1.807, 2.05) is 18.2 Å². The van der Waals surface area contributed by atoms with Crippen LogP contribution >= 0.6 is 0 Å². The minimum absolute atomic E-state index is 0.00786. The summed E-state index contributed by atoms with van der Waals surface area (Å²) in [6, 6.07) is 10.3. The number of hydrogen-bond acceptors (Lipinski definition) is 4. The third kappa shape index (κ3) is 4.48. The van der Waals surface area contributed by atoms with Crippen molar-refractivity contribution in [3.8, 4) is 16.8 Å². The zero-order valence-electron chi connectivity index (χ0n) is 16.5. The number of fused-ring (bicyclic) bond motifs is 1. The lowest BCUT2D eigenvalue weighted by atomic mass is 10.1. The molecule has 0 fully saturated rings. The summed E-state index contributed by atoms with van der Waals surface area (Å²) < 4.78 is 44.3. The van der Waals surface area contributed by atoms with Gasteiger partial charge in [0, 0.05) is 28.9 Å². The van der Waals surface area contributed by atoms with Gasteiger partial charge in [0.15, 0.2) is 0 Å². The highest BCUT2D eigenvalue weighted by atomic mass is 19.4. The van der Waals surface area contributed by atoms with Gasteiger partial charge in [-0.1, -0.05) is 6.07 Å². The Kier molecular flexibility index (Phi) is 5.67. The number of carbonyl (C=O) groups is 2. The summed E-state index contributed by atoms with van der Waals surface area (Å²) in [5.74, 6) is -0.298. The van der Waals surface area contributed by atoms with Gasteiger partial charge in [0.1, 0.15) is 0 Å². The van der Waals surface area contributed by atoms with Gasteiger partial charge < -0.3 is 15.0 Å². The summed E-state index contributed by atoms with van der Waals surface area (Å²) in [5, 5.41) is 7.80. The molecule has 0 spiro atoms. The molecule has 10 heteroatoms. The van der Waals surface area contributed by atoms with Crippen molar-refractivity contribution in [2.45, 2.75) is 12.6 Å². The van der Waals surface area contributed by atoms with Gasteiger partial charge >= 0.3 is 6.18 Å². The van der Waals surface area contributed by atoms with Crippen molar-refractivity contribution in [1.82, 2.24) is 14.8 Å². The summed E-state index contributed by atoms with van der Waals surface area (Å²) in [7, 11) is 0. The first-order valence-corrected chi connectivity index (χ1v) is 9.54. The number of ether oxygens (including phenoxy) is 1. The zero-order chi connectivity index (χ0) is 22.7. The van der Waals surface area contributed by atoms with Gasteiger partial charge in [0.05, 0.1) is 36.2 Å². The van der Waals surface area contributed by atoms with E-state index in [1.165, 1.54) is 16.8 Å². The quantitative estimate of drug-likeness (QED) is 0.325. The van der Waals surface area contributed by atoms with E-state index in [1.54, 1.807) is 18.6 Å². The molecule has 0 saturated heterocycles. The van der Waals surface area contributed by atoms with Gasteiger partial charge in [-0.2, -0.15) is 18.3 Å². The van der Waals surface area contributed by atoms with E-state index in [0.29, 0.717) is 11.4 Å². The van der Waals surface area contributed by atoms with E-state index in [9.17, 15) is 22.8 Å². The maximum atomic E-state index is 12.8. The highest BCUT2D eigenvalue weighted by Gasteiger charge is 2.30. The minimum Gasteiger partial charge on any atom is -0.467 e. The topological polar surface area (TPSA) is 89.0 Å². The monoisotopic (exact) mass is 442 g/mol. The Bertz CT molecular complexity index is 1260. The molecule has 0 atom stereocenters. The van der Waals surface area contributed by atoms with E-state index in [0.717, 1.165) is 34.2 Å². The van der Waals surface area contributed by atoms with E-state index in [-0.39, 0.29) is 25.4 Å². The number of halogens is 3. The highest BCUT2D eigenvalue weighted by Crippen LogP contribution is 2.31. The molecule has 2 heterocycles. The SMILES string of the molecule is O=COCCC(=O)Nc1c[nH]c2ccc(-c3cnn(-c4ccc(C(F)(F)F)cc4)c3)cc12. The summed E-state index contributed by atoms with van der Waals surface area (Å²) in [6.07, 6.45) is 0.629. The zero-order valence-corrected chi connectivity index (χ0v) is 16.5. The Morgan fingerprint density at radius 1 is 1.16 bits per heavy atom. The van der Waals surface area contributed by atoms with Crippen LogP contribution in [0.15, 0.2) is 61.1 Å². The number of nitrogens with one attached hydrogen (secondary N) is 2. The predicted molar refractivity (Wildman–Crippen MR) is 111 cm³/mol. The number of aromatic amines is 1. The van der Waals surface area contributed by atoms with Crippen LogP contribution in [0.5, 0.6) is 0 Å². The Morgan fingerprint density at radius 3 is 2.66 bits per heavy atom. The van der Waals surface area contributed by atoms with E-state index >= 15 is 0 Å². The summed E-state index contributed by atoms with van der Waals surface area (Å²) in [6.45, 7) is 0.280. The number of anilines is 1. The molecule has 0 radical (unpaired) electrons. The third-order valence-corrected chi connectivity index (χ3v) is 4.85. The largest absolute Gasteiger partial charge is 0.467 e. The van der Waals surface area contributed by atoms with Crippen LogP contribution in [0.3, 0.4) is 0 Å². The van der Waals surface area contributed by atoms with Crippen molar-refractivity contribution in [1.29, 1.82) is 0 Å². The molecule has 1 amide bonds. The molecule has 0 unspecified atom stereocenters. The number of aromatic nitrogens is 3. The smallest absolute Gasteiger partial charge is 0.416 e. The first-order valence-electron chi connectivity index (χ1n) is 9.54. The molecule has 164 valence electrons. The lowest BCUT2D eigenvalue weighted by Gasteiger charge is -2.07. The number of benzene rings is 2. The first kappa shape index (κ1) is 21.2. The number of amides is 1. The Balaban J connectivity index is 1.56. The van der Waals surface area contributed by atoms with Gasteiger partial charge in [-0.3, -0.25) is 9.59 Å². The molecule has 2 N–H and O–H groups in total. The number of nitrogens with zero attached hydrogens (tertiary/aromatic N) is 2. The number of H-pyrrole nitrogens is 1. The fourth-order valence-electron chi connectivity index (χ4n) is 3.23. The molecule has 4 aromatic rings. The summed E-state index contributed by atoms with van der Waals surface area (Å²) in [4.78, 5) is 25.3. The van der Waals surface area contributed by atoms with E-state index in [4.69, 9.17) is 0 Å². The lowest BCUT2D eigenvalue weighted by Crippen LogP contribution is -2.13. The average Bonchev–Trinajstić information content (AvgIpc) is 3.41. The standard InChI is InChI=1S/C22H17F3N4O3/c23-22(24,25)16-2-4-17(5-3-16)29-12-15(10-27-29)14-1-6-19-18(9-14)20(11-26-19)28-21(31)7-8-32-13-30/h1-6,9-13,26H,7-8H2,(H,28,31). The van der Waals surface area contributed by atoms with Crippen LogP contribution in [-0.4, -0.2) is 33.8 Å². The molecule has 0 saturated carbocycles. The fraction of sp³-hybridized carbons (Fsp3) is 0.136. The molecular weight excluding hydrogens is 425 g/mol. The normalized spacial score (nSPS) is 11.5. The van der Waals surface area contributed by atoms with Crippen LogP contribution in [0.25, 0.3) is 27.7 Å². The molecule has 0 aliphatic carbocycles. The molecule has 32 heavy (non-hydrogen) atoms. The number of alkyl halides is 3. The van der Waals surface area contributed by atoms with Crippen molar-refractivity contribution in [2.24, 2.45) is 0 Å². The minimum atomic E-state index is -4.39. The van der Waals surface area contributed by atoms with Gasteiger partial charge in [0.25, 0.3) is 6.47 Å². The average molecular weight is 442 g/mol. The van der Waals surface area contributed by atoms with Crippen LogP contribution < -0.4 is 5.32 Å². The Morgan fingerprint density at radius 2 is 1.94 bits per heavy atom. The first-order chi connectivity index (χ1) is 15.3. The van der Waals surface area contributed by atoms with Gasteiger partial charge in [-0.25, -0.2) is 4.68 Å². The molecule has 0 bridgehead atoms. The lowest BCUT2D eigenvalue weighted by molar-refractivity contribution is -0.137. The van der Waals surface area contributed by atoms with Crippen LogP contribution in [0.4, 0.5) is 18.9 Å².